The van der Waals surface area contributed by atoms with Gasteiger partial charge in [-0.15, -0.1) is 0 Å². The molecule has 0 aliphatic rings. The molecule has 98 valence electrons. The number of rotatable bonds is 6. The molecule has 0 saturated carbocycles. The van der Waals surface area contributed by atoms with E-state index in [1.807, 2.05) is 6.92 Å². The fourth-order valence-corrected chi connectivity index (χ4v) is 1.69. The van der Waals surface area contributed by atoms with Crippen molar-refractivity contribution in [3.63, 3.8) is 0 Å². The van der Waals surface area contributed by atoms with E-state index in [2.05, 4.69) is 6.58 Å². The largest absolute Gasteiger partial charge is 0.481 e. The Balaban J connectivity index is 2.95. The van der Waals surface area contributed by atoms with Gasteiger partial charge in [-0.1, -0.05) is 31.2 Å². The average molecular weight is 251 g/mol. The summed E-state index contributed by atoms with van der Waals surface area (Å²) in [6.45, 7) is 7.93. The molecule has 1 aromatic carbocycles. The van der Waals surface area contributed by atoms with Crippen LogP contribution >= 0.6 is 0 Å². The predicted molar refractivity (Wildman–Crippen MR) is 70.2 cm³/mol. The molecule has 1 unspecified atom stereocenters. The topological polar surface area (TPSA) is 40.5 Å². The van der Waals surface area contributed by atoms with Gasteiger partial charge in [0.05, 0.1) is 11.6 Å². The number of benzene rings is 1. The maximum absolute atomic E-state index is 13.7. The van der Waals surface area contributed by atoms with Crippen LogP contribution in [-0.4, -0.2) is 24.2 Å². The second-order valence-corrected chi connectivity index (χ2v) is 4.53. The van der Waals surface area contributed by atoms with Crippen LogP contribution in [-0.2, 0) is 4.79 Å². The van der Waals surface area contributed by atoms with Gasteiger partial charge in [-0.2, -0.15) is 0 Å². The number of hydrogen-bond donors (Lipinski definition) is 1. The van der Waals surface area contributed by atoms with Gasteiger partial charge in [-0.25, -0.2) is 4.39 Å². The van der Waals surface area contributed by atoms with Crippen LogP contribution in [0, 0.1) is 11.7 Å². The molecule has 0 aromatic heterocycles. The summed E-state index contributed by atoms with van der Waals surface area (Å²) in [4.78, 5) is 12.6. The summed E-state index contributed by atoms with van der Waals surface area (Å²) in [5.74, 6) is -1.81. The first-order valence-corrected chi connectivity index (χ1v) is 5.78. The van der Waals surface area contributed by atoms with Crippen LogP contribution in [0.4, 0.5) is 10.1 Å². The lowest BCUT2D eigenvalue weighted by atomic mass is 10.1. The Morgan fingerprint density at radius 3 is 2.61 bits per heavy atom. The highest BCUT2D eigenvalue weighted by atomic mass is 19.1. The van der Waals surface area contributed by atoms with Crippen molar-refractivity contribution in [2.24, 2.45) is 5.92 Å². The molecule has 0 heterocycles. The number of halogens is 1. The Hall–Kier alpha value is -1.84. The first-order chi connectivity index (χ1) is 8.41. The number of carboxylic acid groups (broad SMARTS) is 1. The summed E-state index contributed by atoms with van der Waals surface area (Å²) >= 11 is 0. The van der Waals surface area contributed by atoms with Crippen LogP contribution < -0.4 is 4.90 Å². The molecular weight excluding hydrogens is 233 g/mol. The minimum Gasteiger partial charge on any atom is -0.481 e. The number of hydrogen-bond acceptors (Lipinski definition) is 2. The number of carboxylic acids is 1. The van der Waals surface area contributed by atoms with Crippen LogP contribution in [0.2, 0.25) is 0 Å². The monoisotopic (exact) mass is 251 g/mol. The summed E-state index contributed by atoms with van der Waals surface area (Å²) in [6.07, 6.45) is 0. The van der Waals surface area contributed by atoms with Crippen LogP contribution in [0.3, 0.4) is 0 Å². The Morgan fingerprint density at radius 1 is 1.50 bits per heavy atom. The molecule has 0 aliphatic carbocycles. The third kappa shape index (κ3) is 3.87. The van der Waals surface area contributed by atoms with E-state index in [4.69, 9.17) is 5.11 Å². The molecule has 0 bridgehead atoms. The third-order valence-corrected chi connectivity index (χ3v) is 2.57. The normalized spacial score (nSPS) is 11.9. The van der Waals surface area contributed by atoms with Crippen LogP contribution in [0.5, 0.6) is 0 Å². The summed E-state index contributed by atoms with van der Waals surface area (Å²) in [7, 11) is 0. The number of para-hydroxylation sites is 1. The van der Waals surface area contributed by atoms with Crippen LogP contribution in [0.25, 0.3) is 0 Å². The Bertz CT molecular complexity index is 445. The molecule has 0 aliphatic heterocycles. The van der Waals surface area contributed by atoms with Gasteiger partial charge in [-0.3, -0.25) is 4.79 Å². The summed E-state index contributed by atoms with van der Waals surface area (Å²) in [6, 6.07) is 6.35. The Labute approximate surface area is 107 Å². The van der Waals surface area contributed by atoms with Crippen molar-refractivity contribution in [2.75, 3.05) is 18.0 Å². The lowest BCUT2D eigenvalue weighted by Crippen LogP contribution is -2.33. The molecule has 4 heteroatoms. The van der Waals surface area contributed by atoms with Gasteiger partial charge in [0, 0.05) is 13.1 Å². The molecular formula is C14H18FNO2. The fraction of sp³-hybridized carbons (Fsp3) is 0.357. The van der Waals surface area contributed by atoms with Gasteiger partial charge >= 0.3 is 5.97 Å². The van der Waals surface area contributed by atoms with Crippen LogP contribution in [0.15, 0.2) is 36.4 Å². The van der Waals surface area contributed by atoms with Crippen molar-refractivity contribution >= 4 is 11.7 Å². The molecule has 1 N–H and O–H groups in total. The van der Waals surface area contributed by atoms with Crippen molar-refractivity contribution < 1.29 is 14.3 Å². The first kappa shape index (κ1) is 14.2. The number of carbonyl (C=O) groups is 1. The fourth-order valence-electron chi connectivity index (χ4n) is 1.69. The van der Waals surface area contributed by atoms with Gasteiger partial charge in [0.1, 0.15) is 5.82 Å². The highest BCUT2D eigenvalue weighted by Gasteiger charge is 2.18. The van der Waals surface area contributed by atoms with Gasteiger partial charge < -0.3 is 10.0 Å². The van der Waals surface area contributed by atoms with E-state index in [-0.39, 0.29) is 12.4 Å². The van der Waals surface area contributed by atoms with Crippen LogP contribution in [0.1, 0.15) is 13.8 Å². The lowest BCUT2D eigenvalue weighted by Gasteiger charge is -2.27. The minimum atomic E-state index is -0.891. The molecule has 0 radical (unpaired) electrons. The van der Waals surface area contributed by atoms with E-state index < -0.39 is 11.9 Å². The zero-order valence-corrected chi connectivity index (χ0v) is 10.7. The zero-order valence-electron chi connectivity index (χ0n) is 10.7. The SMILES string of the molecule is C=C(C)CN(CC(C)C(=O)O)c1ccccc1F. The predicted octanol–water partition coefficient (Wildman–Crippen LogP) is 2.93. The van der Waals surface area contributed by atoms with Gasteiger partial charge in [0.2, 0.25) is 0 Å². The maximum Gasteiger partial charge on any atom is 0.308 e. The van der Waals surface area contributed by atoms with Crippen molar-refractivity contribution in [3.05, 3.63) is 42.2 Å². The van der Waals surface area contributed by atoms with Gasteiger partial charge in [0.25, 0.3) is 0 Å². The van der Waals surface area contributed by atoms with E-state index >= 15 is 0 Å². The highest BCUT2D eigenvalue weighted by molar-refractivity contribution is 5.70. The summed E-state index contributed by atoms with van der Waals surface area (Å²) in [5, 5.41) is 8.94. The number of nitrogens with zero attached hydrogens (tertiary/aromatic N) is 1. The molecule has 1 rings (SSSR count). The van der Waals surface area contributed by atoms with Gasteiger partial charge in [-0.05, 0) is 19.1 Å². The Morgan fingerprint density at radius 2 is 2.11 bits per heavy atom. The molecule has 1 aromatic rings. The molecule has 18 heavy (non-hydrogen) atoms. The average Bonchev–Trinajstić information content (AvgIpc) is 2.28. The van der Waals surface area contributed by atoms with E-state index in [9.17, 15) is 9.18 Å². The second kappa shape index (κ2) is 6.19. The standard InChI is InChI=1S/C14H18FNO2/c1-10(2)8-16(9-11(3)14(17)18)13-7-5-4-6-12(13)15/h4-7,11H,1,8-9H2,2-3H3,(H,17,18). The molecule has 0 fully saturated rings. The number of anilines is 1. The van der Waals surface area contributed by atoms with E-state index in [1.54, 1.807) is 30.0 Å². The van der Waals surface area contributed by atoms with Crippen molar-refractivity contribution in [1.82, 2.24) is 0 Å². The lowest BCUT2D eigenvalue weighted by molar-refractivity contribution is -0.140. The first-order valence-electron chi connectivity index (χ1n) is 5.78. The Kier molecular flexibility index (Phi) is 4.89. The number of aliphatic carboxylic acids is 1. The van der Waals surface area contributed by atoms with Gasteiger partial charge in [0.15, 0.2) is 0 Å². The molecule has 1 atom stereocenters. The molecule has 3 nitrogen and oxygen atoms in total. The smallest absolute Gasteiger partial charge is 0.308 e. The molecule has 0 saturated heterocycles. The van der Waals surface area contributed by atoms with E-state index in [0.717, 1.165) is 5.57 Å². The van der Waals surface area contributed by atoms with Crippen molar-refractivity contribution in [3.8, 4) is 0 Å². The molecule has 0 spiro atoms. The highest BCUT2D eigenvalue weighted by Crippen LogP contribution is 2.20. The molecule has 0 amide bonds. The summed E-state index contributed by atoms with van der Waals surface area (Å²) < 4.78 is 13.7. The van der Waals surface area contributed by atoms with Crippen molar-refractivity contribution in [2.45, 2.75) is 13.8 Å². The van der Waals surface area contributed by atoms with Crippen molar-refractivity contribution in [1.29, 1.82) is 0 Å². The maximum atomic E-state index is 13.7. The van der Waals surface area contributed by atoms with E-state index in [1.165, 1.54) is 6.07 Å². The second-order valence-electron chi connectivity index (χ2n) is 4.53. The third-order valence-electron chi connectivity index (χ3n) is 2.57. The quantitative estimate of drug-likeness (QED) is 0.790. The summed E-state index contributed by atoms with van der Waals surface area (Å²) in [5.41, 5.74) is 1.27. The van der Waals surface area contributed by atoms with E-state index in [0.29, 0.717) is 12.2 Å². The zero-order chi connectivity index (χ0) is 13.7. The minimum absolute atomic E-state index is 0.253.